The molecule has 0 saturated carbocycles. The molecule has 0 aromatic heterocycles. The molecule has 1 aliphatic rings. The second-order valence-corrected chi connectivity index (χ2v) is 10.2. The summed E-state index contributed by atoms with van der Waals surface area (Å²) in [5, 5.41) is 3.00. The van der Waals surface area contributed by atoms with Gasteiger partial charge in [-0.15, -0.1) is 0 Å². The predicted molar refractivity (Wildman–Crippen MR) is 126 cm³/mol. The van der Waals surface area contributed by atoms with Crippen molar-refractivity contribution in [3.05, 3.63) is 59.7 Å². The summed E-state index contributed by atoms with van der Waals surface area (Å²) in [7, 11) is -3.80. The van der Waals surface area contributed by atoms with E-state index in [1.807, 2.05) is 32.9 Å². The number of nitrogens with one attached hydrogen (secondary N) is 1. The summed E-state index contributed by atoms with van der Waals surface area (Å²) in [5.41, 5.74) is 2.57. The molecule has 8 heteroatoms. The second-order valence-electron chi connectivity index (χ2n) is 8.36. The van der Waals surface area contributed by atoms with Crippen LogP contribution in [-0.2, 0) is 19.6 Å². The van der Waals surface area contributed by atoms with Crippen LogP contribution in [0.5, 0.6) is 0 Å². The molecular weight excluding hydrogens is 426 g/mol. The van der Waals surface area contributed by atoms with Crippen LogP contribution in [0.3, 0.4) is 0 Å². The molecule has 0 aliphatic carbocycles. The number of carbonyl (C=O) groups is 1. The van der Waals surface area contributed by atoms with Gasteiger partial charge in [-0.2, -0.15) is 0 Å². The van der Waals surface area contributed by atoms with E-state index < -0.39 is 10.0 Å². The lowest BCUT2D eigenvalue weighted by atomic mass is 10.2. The standard InChI is InChI=1S/C24H33N3O4S/c1-19-4-8-22(9-5-19)27(32(29,30)23-10-6-20(2)7-11-23)13-12-24(28)25-21(3)18-26-14-16-31-17-15-26/h4-11,21H,12-18H2,1-3H3,(H,25,28). The number of morpholine rings is 1. The molecule has 1 fully saturated rings. The maximum absolute atomic E-state index is 13.4. The van der Waals surface area contributed by atoms with E-state index in [0.717, 1.165) is 30.8 Å². The molecular formula is C24H33N3O4S. The van der Waals surface area contributed by atoms with Crippen molar-refractivity contribution in [3.63, 3.8) is 0 Å². The summed E-state index contributed by atoms with van der Waals surface area (Å²) < 4.78 is 33.5. The Bertz CT molecular complexity index is 985. The van der Waals surface area contributed by atoms with E-state index in [9.17, 15) is 13.2 Å². The van der Waals surface area contributed by atoms with Crippen LogP contribution in [0.1, 0.15) is 24.5 Å². The molecule has 7 nitrogen and oxygen atoms in total. The molecule has 1 atom stereocenters. The SMILES string of the molecule is Cc1ccc(N(CCC(=O)NC(C)CN2CCOCC2)S(=O)(=O)c2ccc(C)cc2)cc1. The number of nitrogens with zero attached hydrogens (tertiary/aromatic N) is 2. The van der Waals surface area contributed by atoms with Crippen LogP contribution in [0.25, 0.3) is 0 Å². The van der Waals surface area contributed by atoms with Gasteiger partial charge in [0, 0.05) is 38.6 Å². The molecule has 2 aromatic rings. The Kier molecular flexibility index (Phi) is 8.28. The quantitative estimate of drug-likeness (QED) is 0.624. The average Bonchev–Trinajstić information content (AvgIpc) is 2.76. The maximum atomic E-state index is 13.4. The molecule has 1 aliphatic heterocycles. The number of carbonyl (C=O) groups excluding carboxylic acids is 1. The minimum Gasteiger partial charge on any atom is -0.379 e. The van der Waals surface area contributed by atoms with E-state index >= 15 is 0 Å². The normalized spacial score (nSPS) is 15.8. The monoisotopic (exact) mass is 459 g/mol. The summed E-state index contributed by atoms with van der Waals surface area (Å²) in [6.07, 6.45) is 0.0758. The third-order valence-corrected chi connectivity index (χ3v) is 7.36. The molecule has 1 N–H and O–H groups in total. The van der Waals surface area contributed by atoms with E-state index in [4.69, 9.17) is 4.74 Å². The van der Waals surface area contributed by atoms with Crippen molar-refractivity contribution in [2.45, 2.75) is 38.1 Å². The van der Waals surface area contributed by atoms with Gasteiger partial charge in [0.05, 0.1) is 23.8 Å². The maximum Gasteiger partial charge on any atom is 0.264 e. The van der Waals surface area contributed by atoms with Gasteiger partial charge in [0.1, 0.15) is 0 Å². The minimum absolute atomic E-state index is 0.0258. The lowest BCUT2D eigenvalue weighted by Crippen LogP contribution is -2.46. The minimum atomic E-state index is -3.80. The van der Waals surface area contributed by atoms with Crippen LogP contribution >= 0.6 is 0 Å². The van der Waals surface area contributed by atoms with E-state index in [-0.39, 0.29) is 29.8 Å². The number of benzene rings is 2. The summed E-state index contributed by atoms with van der Waals surface area (Å²) in [4.78, 5) is 15.1. The van der Waals surface area contributed by atoms with Crippen molar-refractivity contribution in [3.8, 4) is 0 Å². The zero-order valence-electron chi connectivity index (χ0n) is 19.1. The highest BCUT2D eigenvalue weighted by Crippen LogP contribution is 2.24. The lowest BCUT2D eigenvalue weighted by Gasteiger charge is -2.29. The topological polar surface area (TPSA) is 79.0 Å². The Balaban J connectivity index is 1.69. The molecule has 2 aromatic carbocycles. The van der Waals surface area contributed by atoms with Crippen molar-refractivity contribution in [2.24, 2.45) is 0 Å². The van der Waals surface area contributed by atoms with Crippen molar-refractivity contribution in [1.29, 1.82) is 0 Å². The predicted octanol–water partition coefficient (Wildman–Crippen LogP) is 2.73. The first-order valence-corrected chi connectivity index (χ1v) is 12.5. The number of amides is 1. The fourth-order valence-corrected chi connectivity index (χ4v) is 5.17. The highest BCUT2D eigenvalue weighted by molar-refractivity contribution is 7.92. The zero-order valence-corrected chi connectivity index (χ0v) is 19.9. The number of rotatable bonds is 9. The van der Waals surface area contributed by atoms with Crippen LogP contribution in [-0.4, -0.2) is 64.7 Å². The van der Waals surface area contributed by atoms with Gasteiger partial charge in [-0.25, -0.2) is 8.42 Å². The van der Waals surface area contributed by atoms with Gasteiger partial charge < -0.3 is 10.1 Å². The smallest absolute Gasteiger partial charge is 0.264 e. The third-order valence-electron chi connectivity index (χ3n) is 5.52. The number of sulfonamides is 1. The number of aryl methyl sites for hydroxylation is 2. The molecule has 0 radical (unpaired) electrons. The van der Waals surface area contributed by atoms with Crippen LogP contribution in [0.15, 0.2) is 53.4 Å². The van der Waals surface area contributed by atoms with E-state index in [1.165, 1.54) is 4.31 Å². The van der Waals surface area contributed by atoms with E-state index in [2.05, 4.69) is 10.2 Å². The van der Waals surface area contributed by atoms with Crippen LogP contribution in [0, 0.1) is 13.8 Å². The molecule has 174 valence electrons. The van der Waals surface area contributed by atoms with Gasteiger partial charge in [-0.05, 0) is 45.0 Å². The molecule has 1 saturated heterocycles. The first-order valence-electron chi connectivity index (χ1n) is 11.0. The number of anilines is 1. The molecule has 0 spiro atoms. The Morgan fingerprint density at radius 3 is 2.19 bits per heavy atom. The largest absolute Gasteiger partial charge is 0.379 e. The Morgan fingerprint density at radius 1 is 1.03 bits per heavy atom. The van der Waals surface area contributed by atoms with E-state index in [1.54, 1.807) is 36.4 Å². The Labute approximate surface area is 191 Å². The van der Waals surface area contributed by atoms with Crippen molar-refractivity contribution < 1.29 is 17.9 Å². The van der Waals surface area contributed by atoms with Gasteiger partial charge in [-0.1, -0.05) is 35.4 Å². The average molecular weight is 460 g/mol. The second kappa shape index (κ2) is 10.9. The molecule has 1 amide bonds. The summed E-state index contributed by atoms with van der Waals surface area (Å²) in [6, 6.07) is 14.0. The van der Waals surface area contributed by atoms with Gasteiger partial charge in [0.2, 0.25) is 5.91 Å². The summed E-state index contributed by atoms with van der Waals surface area (Å²) in [6.45, 7) is 9.78. The third kappa shape index (κ3) is 6.54. The molecule has 32 heavy (non-hydrogen) atoms. The van der Waals surface area contributed by atoms with Gasteiger partial charge in [-0.3, -0.25) is 14.0 Å². The van der Waals surface area contributed by atoms with Crippen molar-refractivity contribution in [1.82, 2.24) is 10.2 Å². The number of hydrogen-bond donors (Lipinski definition) is 1. The van der Waals surface area contributed by atoms with Crippen LogP contribution in [0.2, 0.25) is 0 Å². The number of hydrogen-bond acceptors (Lipinski definition) is 5. The highest BCUT2D eigenvalue weighted by atomic mass is 32.2. The first-order chi connectivity index (χ1) is 15.3. The highest BCUT2D eigenvalue weighted by Gasteiger charge is 2.26. The molecule has 3 rings (SSSR count). The number of ether oxygens (including phenoxy) is 1. The van der Waals surface area contributed by atoms with Crippen LogP contribution in [0.4, 0.5) is 5.69 Å². The molecule has 1 unspecified atom stereocenters. The Morgan fingerprint density at radius 2 is 1.59 bits per heavy atom. The van der Waals surface area contributed by atoms with Gasteiger partial charge in [0.15, 0.2) is 0 Å². The summed E-state index contributed by atoms with van der Waals surface area (Å²) in [5.74, 6) is -0.165. The fraction of sp³-hybridized carbons (Fsp3) is 0.458. The van der Waals surface area contributed by atoms with Crippen LogP contribution < -0.4 is 9.62 Å². The fourth-order valence-electron chi connectivity index (χ4n) is 3.70. The van der Waals surface area contributed by atoms with Gasteiger partial charge in [0.25, 0.3) is 10.0 Å². The molecule has 1 heterocycles. The zero-order chi connectivity index (χ0) is 23.1. The Hall–Kier alpha value is -2.42. The van der Waals surface area contributed by atoms with Gasteiger partial charge >= 0.3 is 0 Å². The first kappa shape index (κ1) is 24.2. The van der Waals surface area contributed by atoms with E-state index in [0.29, 0.717) is 18.9 Å². The van der Waals surface area contributed by atoms with Crippen molar-refractivity contribution >= 4 is 21.6 Å². The molecule has 0 bridgehead atoms. The lowest BCUT2D eigenvalue weighted by molar-refractivity contribution is -0.121. The summed E-state index contributed by atoms with van der Waals surface area (Å²) >= 11 is 0. The van der Waals surface area contributed by atoms with Crippen molar-refractivity contribution in [2.75, 3.05) is 43.7 Å².